The van der Waals surface area contributed by atoms with Crippen molar-refractivity contribution < 1.29 is 4.74 Å². The van der Waals surface area contributed by atoms with Crippen LogP contribution in [0.5, 0.6) is 11.5 Å². The molecule has 2 aliphatic rings. The molecule has 1 aliphatic carbocycles. The van der Waals surface area contributed by atoms with Gasteiger partial charge < -0.3 is 13.9 Å². The molecule has 0 saturated carbocycles. The van der Waals surface area contributed by atoms with Crippen molar-refractivity contribution in [3.8, 4) is 34.0 Å². The maximum absolute atomic E-state index is 6.84. The standard InChI is InChI=1S/C49H30N2O/c1-6-18-39-33(13-1)34-27-25-31(50-43-20-8-2-14-35(43)36-15-3-9-21-44(36)50)29-41(34)49(39)40-19-7-12-24-47(40)52-48-28-26-32(30-42(48)49)51-45-22-10-4-16-37(45)38-17-5-11-23-46(38)51/h1-30H. The smallest absolute Gasteiger partial charge is 0.132 e. The highest BCUT2D eigenvalue weighted by atomic mass is 16.5. The molecule has 3 heteroatoms. The molecule has 8 aromatic carbocycles. The molecule has 0 fully saturated rings. The lowest BCUT2D eigenvalue weighted by atomic mass is 9.66. The van der Waals surface area contributed by atoms with Crippen molar-refractivity contribution >= 4 is 43.6 Å². The number of para-hydroxylation sites is 5. The third-order valence-electron chi connectivity index (χ3n) is 11.6. The van der Waals surface area contributed by atoms with Gasteiger partial charge in [-0.3, -0.25) is 0 Å². The van der Waals surface area contributed by atoms with Gasteiger partial charge in [0.25, 0.3) is 0 Å². The van der Waals surface area contributed by atoms with Gasteiger partial charge in [-0.1, -0.05) is 121 Å². The minimum absolute atomic E-state index is 0.611. The number of benzene rings is 8. The van der Waals surface area contributed by atoms with Gasteiger partial charge >= 0.3 is 0 Å². The maximum Gasteiger partial charge on any atom is 0.132 e. The van der Waals surface area contributed by atoms with Crippen molar-refractivity contribution in [3.05, 3.63) is 204 Å². The largest absolute Gasteiger partial charge is 0.457 e. The van der Waals surface area contributed by atoms with Crippen molar-refractivity contribution in [2.24, 2.45) is 0 Å². The maximum atomic E-state index is 6.84. The average Bonchev–Trinajstić information content (AvgIpc) is 3.83. The van der Waals surface area contributed by atoms with Crippen LogP contribution in [0.4, 0.5) is 0 Å². The zero-order chi connectivity index (χ0) is 34.0. The monoisotopic (exact) mass is 662 g/mol. The van der Waals surface area contributed by atoms with Gasteiger partial charge in [-0.05, 0) is 82.9 Å². The number of hydrogen-bond donors (Lipinski definition) is 0. The number of rotatable bonds is 2. The van der Waals surface area contributed by atoms with E-state index >= 15 is 0 Å². The van der Waals surface area contributed by atoms with Gasteiger partial charge in [-0.25, -0.2) is 0 Å². The average molecular weight is 663 g/mol. The Morgan fingerprint density at radius 1 is 0.327 bits per heavy atom. The van der Waals surface area contributed by atoms with Crippen LogP contribution < -0.4 is 4.74 Å². The predicted molar refractivity (Wildman–Crippen MR) is 212 cm³/mol. The SMILES string of the molecule is c1ccc2c(c1)Oc1ccc(-n3c4ccccc4c4ccccc43)cc1C21c2ccccc2-c2ccc(-n3c4ccccc4c4ccccc43)cc21. The molecule has 1 aliphatic heterocycles. The Hall–Kier alpha value is -6.84. The van der Waals surface area contributed by atoms with Gasteiger partial charge in [0.05, 0.1) is 27.5 Å². The third-order valence-corrected chi connectivity index (χ3v) is 11.6. The molecule has 1 atom stereocenters. The van der Waals surface area contributed by atoms with Gasteiger partial charge in [-0.2, -0.15) is 0 Å². The summed E-state index contributed by atoms with van der Waals surface area (Å²) in [5.41, 5.74) is 13.8. The molecule has 1 spiro atoms. The first kappa shape index (κ1) is 27.9. The van der Waals surface area contributed by atoms with E-state index in [1.165, 1.54) is 65.9 Å². The molecule has 12 rings (SSSR count). The lowest BCUT2D eigenvalue weighted by Crippen LogP contribution is -2.32. The summed E-state index contributed by atoms with van der Waals surface area (Å²) in [6.07, 6.45) is 0. The first-order chi connectivity index (χ1) is 25.8. The lowest BCUT2D eigenvalue weighted by molar-refractivity contribution is 0.436. The fraction of sp³-hybridized carbons (Fsp3) is 0.0204. The number of fused-ring (bicyclic) bond motifs is 15. The molecule has 52 heavy (non-hydrogen) atoms. The minimum Gasteiger partial charge on any atom is -0.457 e. The molecule has 2 aromatic heterocycles. The topological polar surface area (TPSA) is 19.1 Å². The minimum atomic E-state index is -0.611. The van der Waals surface area contributed by atoms with Gasteiger partial charge in [0.1, 0.15) is 11.5 Å². The van der Waals surface area contributed by atoms with Gasteiger partial charge in [-0.15, -0.1) is 0 Å². The predicted octanol–water partition coefficient (Wildman–Crippen LogP) is 12.3. The summed E-state index contributed by atoms with van der Waals surface area (Å²) in [6.45, 7) is 0. The number of aromatic nitrogens is 2. The molecule has 0 bridgehead atoms. The van der Waals surface area contributed by atoms with Crippen molar-refractivity contribution in [2.45, 2.75) is 5.41 Å². The Morgan fingerprint density at radius 2 is 0.750 bits per heavy atom. The molecule has 3 nitrogen and oxygen atoms in total. The quantitative estimate of drug-likeness (QED) is 0.180. The summed E-state index contributed by atoms with van der Waals surface area (Å²) in [6, 6.07) is 66.5. The second-order valence-electron chi connectivity index (χ2n) is 14.0. The number of ether oxygens (including phenoxy) is 1. The highest BCUT2D eigenvalue weighted by Crippen LogP contribution is 2.62. The molecular weight excluding hydrogens is 633 g/mol. The third kappa shape index (κ3) is 3.45. The molecule has 10 aromatic rings. The molecule has 0 N–H and O–H groups in total. The molecule has 1 unspecified atom stereocenters. The normalized spacial score (nSPS) is 15.5. The van der Waals surface area contributed by atoms with Gasteiger partial charge in [0.2, 0.25) is 0 Å². The number of hydrogen-bond acceptors (Lipinski definition) is 1. The van der Waals surface area contributed by atoms with Crippen LogP contribution in [0.3, 0.4) is 0 Å². The van der Waals surface area contributed by atoms with E-state index in [2.05, 4.69) is 191 Å². The summed E-state index contributed by atoms with van der Waals surface area (Å²) in [4.78, 5) is 0. The van der Waals surface area contributed by atoms with E-state index in [1.807, 2.05) is 0 Å². The molecule has 0 radical (unpaired) electrons. The second-order valence-corrected chi connectivity index (χ2v) is 14.0. The zero-order valence-corrected chi connectivity index (χ0v) is 28.1. The summed E-state index contributed by atoms with van der Waals surface area (Å²) in [7, 11) is 0. The van der Waals surface area contributed by atoms with E-state index in [4.69, 9.17) is 4.74 Å². The van der Waals surface area contributed by atoms with Crippen LogP contribution in [0.2, 0.25) is 0 Å². The van der Waals surface area contributed by atoms with E-state index in [9.17, 15) is 0 Å². The van der Waals surface area contributed by atoms with E-state index in [0.29, 0.717) is 0 Å². The van der Waals surface area contributed by atoms with E-state index < -0.39 is 5.41 Å². The van der Waals surface area contributed by atoms with Crippen molar-refractivity contribution in [2.75, 3.05) is 0 Å². The Morgan fingerprint density at radius 3 is 1.35 bits per heavy atom. The Kier molecular flexibility index (Phi) is 5.43. The highest BCUT2D eigenvalue weighted by Gasteiger charge is 2.51. The van der Waals surface area contributed by atoms with Crippen LogP contribution in [0.15, 0.2) is 182 Å². The Bertz CT molecular complexity index is 3020. The lowest BCUT2D eigenvalue weighted by Gasteiger charge is -2.39. The second kappa shape index (κ2) is 10.1. The highest BCUT2D eigenvalue weighted by molar-refractivity contribution is 6.10. The van der Waals surface area contributed by atoms with Gasteiger partial charge in [0, 0.05) is 44.0 Å². The first-order valence-corrected chi connectivity index (χ1v) is 17.9. The molecular formula is C49H30N2O. The van der Waals surface area contributed by atoms with Crippen LogP contribution >= 0.6 is 0 Å². The molecule has 0 amide bonds. The summed E-state index contributed by atoms with van der Waals surface area (Å²) in [5, 5.41) is 5.02. The molecule has 3 heterocycles. The van der Waals surface area contributed by atoms with E-state index in [-0.39, 0.29) is 0 Å². The van der Waals surface area contributed by atoms with Gasteiger partial charge in [0.15, 0.2) is 0 Å². The zero-order valence-electron chi connectivity index (χ0n) is 28.1. The first-order valence-electron chi connectivity index (χ1n) is 17.9. The molecule has 242 valence electrons. The van der Waals surface area contributed by atoms with Crippen LogP contribution in [0.25, 0.3) is 66.1 Å². The number of nitrogens with zero attached hydrogens (tertiary/aromatic N) is 2. The van der Waals surface area contributed by atoms with Crippen LogP contribution in [0.1, 0.15) is 22.3 Å². The Balaban J connectivity index is 1.20. The van der Waals surface area contributed by atoms with Crippen molar-refractivity contribution in [1.29, 1.82) is 0 Å². The van der Waals surface area contributed by atoms with Crippen molar-refractivity contribution in [1.82, 2.24) is 9.13 Å². The summed E-state index contributed by atoms with van der Waals surface area (Å²) < 4.78 is 11.7. The summed E-state index contributed by atoms with van der Waals surface area (Å²) >= 11 is 0. The fourth-order valence-electron chi connectivity index (χ4n) is 9.56. The fourth-order valence-corrected chi connectivity index (χ4v) is 9.56. The summed E-state index contributed by atoms with van der Waals surface area (Å²) in [5.74, 6) is 1.78. The van der Waals surface area contributed by atoms with Crippen LogP contribution in [0, 0.1) is 0 Å². The van der Waals surface area contributed by atoms with Crippen LogP contribution in [-0.2, 0) is 5.41 Å². The molecule has 0 saturated heterocycles. The van der Waals surface area contributed by atoms with Crippen molar-refractivity contribution in [3.63, 3.8) is 0 Å². The van der Waals surface area contributed by atoms with E-state index in [0.717, 1.165) is 34.0 Å². The van der Waals surface area contributed by atoms with E-state index in [1.54, 1.807) is 0 Å². The van der Waals surface area contributed by atoms with Crippen LogP contribution in [-0.4, -0.2) is 9.13 Å². The Labute approximate surface area is 300 Å².